The van der Waals surface area contributed by atoms with Crippen molar-refractivity contribution < 1.29 is 14.6 Å². The number of hydrogen-bond acceptors (Lipinski definition) is 4. The molecule has 1 aliphatic carbocycles. The van der Waals surface area contributed by atoms with E-state index < -0.39 is 0 Å². The number of rotatable bonds is 4. The predicted octanol–water partition coefficient (Wildman–Crippen LogP) is 1.40. The van der Waals surface area contributed by atoms with Gasteiger partial charge in [0, 0.05) is 11.4 Å². The molecule has 1 saturated carbocycles. The molecule has 2 rings (SSSR count). The van der Waals surface area contributed by atoms with Crippen molar-refractivity contribution in [2.75, 3.05) is 13.7 Å². The molecule has 4 nitrogen and oxygen atoms in total. The van der Waals surface area contributed by atoms with E-state index in [4.69, 9.17) is 4.74 Å². The van der Waals surface area contributed by atoms with E-state index in [0.29, 0.717) is 10.6 Å². The molecule has 1 aromatic heterocycles. The first kappa shape index (κ1) is 11.4. The van der Waals surface area contributed by atoms with Crippen molar-refractivity contribution in [3.63, 3.8) is 0 Å². The van der Waals surface area contributed by atoms with E-state index >= 15 is 0 Å². The summed E-state index contributed by atoms with van der Waals surface area (Å²) in [7, 11) is 1.57. The Labute approximate surface area is 98.2 Å². The normalized spacial score (nSPS) is 17.6. The number of ether oxygens (including phenoxy) is 1. The average Bonchev–Trinajstić information content (AvgIpc) is 2.71. The molecule has 0 bridgehead atoms. The zero-order valence-electron chi connectivity index (χ0n) is 9.16. The molecular formula is C11H15NO3S. The zero-order chi connectivity index (χ0) is 11.6. The van der Waals surface area contributed by atoms with Crippen molar-refractivity contribution >= 4 is 17.2 Å². The van der Waals surface area contributed by atoms with Crippen molar-refractivity contribution in [1.29, 1.82) is 0 Å². The Morgan fingerprint density at radius 2 is 2.44 bits per heavy atom. The van der Waals surface area contributed by atoms with Gasteiger partial charge in [-0.25, -0.2) is 0 Å². The summed E-state index contributed by atoms with van der Waals surface area (Å²) in [4.78, 5) is 12.5. The van der Waals surface area contributed by atoms with Crippen molar-refractivity contribution in [2.45, 2.75) is 24.8 Å². The Morgan fingerprint density at radius 1 is 1.69 bits per heavy atom. The molecule has 1 amide bonds. The van der Waals surface area contributed by atoms with E-state index in [1.807, 2.05) is 0 Å². The number of carbonyl (C=O) groups excluding carboxylic acids is 1. The first-order valence-corrected chi connectivity index (χ1v) is 6.13. The van der Waals surface area contributed by atoms with Gasteiger partial charge in [-0.2, -0.15) is 0 Å². The fraction of sp³-hybridized carbons (Fsp3) is 0.545. The molecular weight excluding hydrogens is 226 g/mol. The van der Waals surface area contributed by atoms with Crippen molar-refractivity contribution in [1.82, 2.24) is 5.32 Å². The summed E-state index contributed by atoms with van der Waals surface area (Å²) < 4.78 is 5.02. The van der Waals surface area contributed by atoms with Gasteiger partial charge in [-0.3, -0.25) is 4.79 Å². The van der Waals surface area contributed by atoms with Gasteiger partial charge in [0.05, 0.1) is 24.1 Å². The lowest BCUT2D eigenvalue weighted by Crippen LogP contribution is -2.56. The van der Waals surface area contributed by atoms with E-state index in [0.717, 1.165) is 19.3 Å². The van der Waals surface area contributed by atoms with E-state index in [2.05, 4.69) is 5.32 Å². The van der Waals surface area contributed by atoms with Crippen LogP contribution in [0.25, 0.3) is 0 Å². The molecule has 2 N–H and O–H groups in total. The van der Waals surface area contributed by atoms with E-state index in [1.54, 1.807) is 18.6 Å². The molecule has 1 aromatic rings. The molecule has 1 aliphatic rings. The number of methoxy groups -OCH3 is 1. The van der Waals surface area contributed by atoms with Gasteiger partial charge in [-0.1, -0.05) is 0 Å². The van der Waals surface area contributed by atoms with Crippen LogP contribution in [0.1, 0.15) is 28.9 Å². The fourth-order valence-corrected chi connectivity index (χ4v) is 2.52. The Hall–Kier alpha value is -1.07. The van der Waals surface area contributed by atoms with Crippen LogP contribution in [0.5, 0.6) is 5.75 Å². The van der Waals surface area contributed by atoms with Crippen LogP contribution in [0, 0.1) is 0 Å². The van der Waals surface area contributed by atoms with Gasteiger partial charge in [0.2, 0.25) is 0 Å². The molecule has 0 aliphatic heterocycles. The van der Waals surface area contributed by atoms with Crippen LogP contribution in [0.15, 0.2) is 11.4 Å². The first-order chi connectivity index (χ1) is 7.69. The first-order valence-electron chi connectivity index (χ1n) is 5.25. The number of carbonyl (C=O) groups is 1. The van der Waals surface area contributed by atoms with Gasteiger partial charge < -0.3 is 15.2 Å². The minimum atomic E-state index is -0.381. The summed E-state index contributed by atoms with van der Waals surface area (Å²) in [6.07, 6.45) is 2.78. The van der Waals surface area contributed by atoms with E-state index in [1.165, 1.54) is 11.3 Å². The number of thiophene rings is 1. The summed E-state index contributed by atoms with van der Waals surface area (Å²) in [6.45, 7) is 0.0151. The second-order valence-corrected chi connectivity index (χ2v) is 5.01. The van der Waals surface area contributed by atoms with Crippen LogP contribution >= 0.6 is 11.3 Å². The third-order valence-corrected chi connectivity index (χ3v) is 3.93. The standard InChI is InChI=1S/C11H15NO3S/c1-15-8-5-9(16-6-8)10(14)12-11(7-13)3-2-4-11/h5-6,13H,2-4,7H2,1H3,(H,12,14). The van der Waals surface area contributed by atoms with Crippen LogP contribution in [-0.2, 0) is 0 Å². The largest absolute Gasteiger partial charge is 0.496 e. The highest BCUT2D eigenvalue weighted by Crippen LogP contribution is 2.32. The lowest BCUT2D eigenvalue weighted by molar-refractivity contribution is 0.0645. The summed E-state index contributed by atoms with van der Waals surface area (Å²) in [5.41, 5.74) is -0.381. The number of hydrogen-bond donors (Lipinski definition) is 2. The highest BCUT2D eigenvalue weighted by Gasteiger charge is 2.38. The smallest absolute Gasteiger partial charge is 0.261 e. The maximum absolute atomic E-state index is 11.9. The van der Waals surface area contributed by atoms with Gasteiger partial charge in [0.1, 0.15) is 5.75 Å². The number of amides is 1. The maximum Gasteiger partial charge on any atom is 0.261 e. The summed E-state index contributed by atoms with van der Waals surface area (Å²) >= 11 is 1.35. The lowest BCUT2D eigenvalue weighted by atomic mass is 9.77. The number of aliphatic hydroxyl groups excluding tert-OH is 1. The second-order valence-electron chi connectivity index (χ2n) is 4.10. The predicted molar refractivity (Wildman–Crippen MR) is 62.0 cm³/mol. The minimum absolute atomic E-state index is 0.0151. The Bertz CT molecular complexity index is 379. The number of aliphatic hydroxyl groups is 1. The van der Waals surface area contributed by atoms with Crippen LogP contribution in [-0.4, -0.2) is 30.3 Å². The van der Waals surface area contributed by atoms with Crippen LogP contribution in [0.2, 0.25) is 0 Å². The third kappa shape index (κ3) is 2.05. The van der Waals surface area contributed by atoms with Gasteiger partial charge in [-0.15, -0.1) is 11.3 Å². The molecule has 1 heterocycles. The molecule has 5 heteroatoms. The third-order valence-electron chi connectivity index (χ3n) is 3.03. The molecule has 0 spiro atoms. The zero-order valence-corrected chi connectivity index (χ0v) is 9.97. The SMILES string of the molecule is COc1csc(C(=O)NC2(CO)CCC2)c1. The Balaban J connectivity index is 2.02. The summed E-state index contributed by atoms with van der Waals surface area (Å²) in [5, 5.41) is 13.9. The van der Waals surface area contributed by atoms with Crippen molar-refractivity contribution in [3.8, 4) is 5.75 Å². The molecule has 16 heavy (non-hydrogen) atoms. The lowest BCUT2D eigenvalue weighted by Gasteiger charge is -2.40. The highest BCUT2D eigenvalue weighted by molar-refractivity contribution is 7.12. The molecule has 1 fully saturated rings. The summed E-state index contributed by atoms with van der Waals surface area (Å²) in [6, 6.07) is 1.71. The van der Waals surface area contributed by atoms with Crippen LogP contribution < -0.4 is 10.1 Å². The maximum atomic E-state index is 11.9. The molecule has 0 unspecified atom stereocenters. The van der Waals surface area contributed by atoms with Gasteiger partial charge in [0.15, 0.2) is 0 Å². The Kier molecular flexibility index (Phi) is 3.16. The highest BCUT2D eigenvalue weighted by atomic mass is 32.1. The summed E-state index contributed by atoms with van der Waals surface area (Å²) in [5.74, 6) is 0.573. The van der Waals surface area contributed by atoms with E-state index in [-0.39, 0.29) is 18.1 Å². The second kappa shape index (κ2) is 4.43. The monoisotopic (exact) mass is 241 g/mol. The van der Waals surface area contributed by atoms with Gasteiger partial charge in [-0.05, 0) is 19.3 Å². The number of nitrogens with one attached hydrogen (secondary N) is 1. The molecule has 0 saturated heterocycles. The topological polar surface area (TPSA) is 58.6 Å². The van der Waals surface area contributed by atoms with Crippen molar-refractivity contribution in [3.05, 3.63) is 16.3 Å². The van der Waals surface area contributed by atoms with Crippen molar-refractivity contribution in [2.24, 2.45) is 0 Å². The van der Waals surface area contributed by atoms with Gasteiger partial charge >= 0.3 is 0 Å². The molecule has 0 radical (unpaired) electrons. The van der Waals surface area contributed by atoms with Gasteiger partial charge in [0.25, 0.3) is 5.91 Å². The fourth-order valence-electron chi connectivity index (χ4n) is 1.77. The quantitative estimate of drug-likeness (QED) is 0.837. The van der Waals surface area contributed by atoms with E-state index in [9.17, 15) is 9.90 Å². The molecule has 0 aromatic carbocycles. The molecule has 88 valence electrons. The average molecular weight is 241 g/mol. The van der Waals surface area contributed by atoms with Crippen LogP contribution in [0.3, 0.4) is 0 Å². The van der Waals surface area contributed by atoms with Crippen LogP contribution in [0.4, 0.5) is 0 Å². The Morgan fingerprint density at radius 3 is 2.88 bits per heavy atom. The minimum Gasteiger partial charge on any atom is -0.496 e. The molecule has 0 atom stereocenters.